The van der Waals surface area contributed by atoms with Crippen LogP contribution in [0.3, 0.4) is 0 Å². The van der Waals surface area contributed by atoms with Crippen molar-refractivity contribution in [2.45, 2.75) is 13.8 Å². The van der Waals surface area contributed by atoms with Crippen LogP contribution in [-0.4, -0.2) is 13.0 Å². The van der Waals surface area contributed by atoms with Crippen molar-refractivity contribution in [1.82, 2.24) is 0 Å². The molecular formula is C12H13NO2. The molecule has 1 aliphatic heterocycles. The van der Waals surface area contributed by atoms with Crippen molar-refractivity contribution in [3.63, 3.8) is 0 Å². The average Bonchev–Trinajstić information content (AvgIpc) is 2.18. The maximum absolute atomic E-state index is 5.36. The highest BCUT2D eigenvalue weighted by Crippen LogP contribution is 2.36. The standard InChI is InChI=1S/C12H13NO2/c1-7-5-10-8(2)15-9(3)13-11(10)6-12(7)14-4/h5-6H,2H2,1,3-4H3. The summed E-state index contributed by atoms with van der Waals surface area (Å²) in [6.45, 7) is 7.65. The van der Waals surface area contributed by atoms with Crippen molar-refractivity contribution < 1.29 is 9.47 Å². The summed E-state index contributed by atoms with van der Waals surface area (Å²) in [5, 5.41) is 0. The van der Waals surface area contributed by atoms with Gasteiger partial charge in [0.1, 0.15) is 11.5 Å². The first-order valence-corrected chi connectivity index (χ1v) is 4.73. The first-order valence-electron chi connectivity index (χ1n) is 4.73. The number of ether oxygens (including phenoxy) is 2. The molecule has 3 nitrogen and oxygen atoms in total. The normalized spacial score (nSPS) is 14.1. The first-order chi connectivity index (χ1) is 7.11. The van der Waals surface area contributed by atoms with Crippen molar-refractivity contribution in [3.8, 4) is 5.75 Å². The summed E-state index contributed by atoms with van der Waals surface area (Å²) >= 11 is 0. The van der Waals surface area contributed by atoms with E-state index in [9.17, 15) is 0 Å². The largest absolute Gasteiger partial charge is 0.496 e. The SMILES string of the molecule is C=C1OC(C)=Nc2cc(OC)c(C)cc21. The maximum Gasteiger partial charge on any atom is 0.192 e. The molecule has 0 radical (unpaired) electrons. The second-order valence-corrected chi connectivity index (χ2v) is 3.50. The zero-order valence-electron chi connectivity index (χ0n) is 9.13. The number of rotatable bonds is 1. The quantitative estimate of drug-likeness (QED) is 0.702. The summed E-state index contributed by atoms with van der Waals surface area (Å²) in [7, 11) is 1.65. The zero-order chi connectivity index (χ0) is 11.0. The molecule has 0 saturated carbocycles. The van der Waals surface area contributed by atoms with Crippen LogP contribution >= 0.6 is 0 Å². The van der Waals surface area contributed by atoms with Crippen LogP contribution in [-0.2, 0) is 4.74 Å². The van der Waals surface area contributed by atoms with Gasteiger partial charge in [-0.25, -0.2) is 4.99 Å². The van der Waals surface area contributed by atoms with Crippen LogP contribution in [0.25, 0.3) is 5.76 Å². The van der Waals surface area contributed by atoms with Gasteiger partial charge in [-0.15, -0.1) is 0 Å². The molecule has 1 heterocycles. The Bertz CT molecular complexity index is 461. The third-order valence-electron chi connectivity index (χ3n) is 2.36. The number of hydrogen-bond donors (Lipinski definition) is 0. The molecule has 0 fully saturated rings. The van der Waals surface area contributed by atoms with Gasteiger partial charge in [0.25, 0.3) is 0 Å². The highest BCUT2D eigenvalue weighted by molar-refractivity contribution is 5.90. The summed E-state index contributed by atoms with van der Waals surface area (Å²) in [6, 6.07) is 3.88. The van der Waals surface area contributed by atoms with Gasteiger partial charge < -0.3 is 9.47 Å². The van der Waals surface area contributed by atoms with E-state index in [1.165, 1.54) is 0 Å². The Morgan fingerprint density at radius 2 is 2.07 bits per heavy atom. The minimum Gasteiger partial charge on any atom is -0.496 e. The van der Waals surface area contributed by atoms with Gasteiger partial charge in [-0.2, -0.15) is 0 Å². The minimum absolute atomic E-state index is 0.610. The average molecular weight is 203 g/mol. The predicted molar refractivity (Wildman–Crippen MR) is 60.6 cm³/mol. The Morgan fingerprint density at radius 3 is 2.73 bits per heavy atom. The lowest BCUT2D eigenvalue weighted by Gasteiger charge is -2.18. The Labute approximate surface area is 89.0 Å². The van der Waals surface area contributed by atoms with Gasteiger partial charge in [0.15, 0.2) is 5.90 Å². The molecule has 1 aromatic carbocycles. The molecule has 0 unspecified atom stereocenters. The number of aryl methyl sites for hydroxylation is 1. The topological polar surface area (TPSA) is 30.8 Å². The van der Waals surface area contributed by atoms with Gasteiger partial charge in [0, 0.05) is 18.6 Å². The molecule has 0 aromatic heterocycles. The van der Waals surface area contributed by atoms with E-state index in [0.29, 0.717) is 11.7 Å². The fourth-order valence-corrected chi connectivity index (χ4v) is 1.64. The molecule has 0 bridgehead atoms. The number of methoxy groups -OCH3 is 1. The Morgan fingerprint density at radius 1 is 1.33 bits per heavy atom. The Hall–Kier alpha value is -1.77. The molecule has 2 rings (SSSR count). The van der Waals surface area contributed by atoms with E-state index >= 15 is 0 Å². The summed E-state index contributed by atoms with van der Waals surface area (Å²) in [5.74, 6) is 2.08. The van der Waals surface area contributed by atoms with Crippen LogP contribution in [0.15, 0.2) is 23.7 Å². The van der Waals surface area contributed by atoms with Crippen LogP contribution in [0, 0.1) is 6.92 Å². The summed E-state index contributed by atoms with van der Waals surface area (Å²) < 4.78 is 10.6. The van der Waals surface area contributed by atoms with Gasteiger partial charge in [-0.05, 0) is 18.6 Å². The van der Waals surface area contributed by atoms with Gasteiger partial charge in [0.05, 0.1) is 12.8 Å². The lowest BCUT2D eigenvalue weighted by atomic mass is 10.1. The fraction of sp³-hybridized carbons (Fsp3) is 0.250. The summed E-state index contributed by atoms with van der Waals surface area (Å²) in [5.41, 5.74) is 2.83. The van der Waals surface area contributed by atoms with Gasteiger partial charge in [-0.3, -0.25) is 0 Å². The highest BCUT2D eigenvalue weighted by Gasteiger charge is 2.16. The predicted octanol–water partition coefficient (Wildman–Crippen LogP) is 3.05. The fourth-order valence-electron chi connectivity index (χ4n) is 1.64. The molecule has 78 valence electrons. The van der Waals surface area contributed by atoms with E-state index in [4.69, 9.17) is 9.47 Å². The van der Waals surface area contributed by atoms with Gasteiger partial charge >= 0.3 is 0 Å². The highest BCUT2D eigenvalue weighted by atomic mass is 16.5. The maximum atomic E-state index is 5.36. The molecule has 1 aromatic rings. The van der Waals surface area contributed by atoms with E-state index in [1.807, 2.05) is 19.1 Å². The van der Waals surface area contributed by atoms with Crippen LogP contribution in [0.2, 0.25) is 0 Å². The molecule has 0 aliphatic carbocycles. The van der Waals surface area contributed by atoms with Crippen LogP contribution in [0.5, 0.6) is 5.75 Å². The lowest BCUT2D eigenvalue weighted by Crippen LogP contribution is -2.04. The zero-order valence-corrected chi connectivity index (χ0v) is 9.13. The number of benzene rings is 1. The third-order valence-corrected chi connectivity index (χ3v) is 2.36. The van der Waals surface area contributed by atoms with E-state index < -0.39 is 0 Å². The Balaban J connectivity index is 2.62. The molecule has 0 atom stereocenters. The van der Waals surface area contributed by atoms with Crippen LogP contribution in [0.4, 0.5) is 5.69 Å². The summed E-state index contributed by atoms with van der Waals surface area (Å²) in [4.78, 5) is 4.30. The van der Waals surface area contributed by atoms with Crippen molar-refractivity contribution in [2.75, 3.05) is 7.11 Å². The number of hydrogen-bond acceptors (Lipinski definition) is 3. The van der Waals surface area contributed by atoms with E-state index in [0.717, 1.165) is 22.6 Å². The smallest absolute Gasteiger partial charge is 0.192 e. The van der Waals surface area contributed by atoms with Crippen molar-refractivity contribution in [3.05, 3.63) is 29.8 Å². The molecular weight excluding hydrogens is 190 g/mol. The van der Waals surface area contributed by atoms with Crippen molar-refractivity contribution >= 4 is 17.3 Å². The first kappa shape index (κ1) is 9.77. The summed E-state index contributed by atoms with van der Waals surface area (Å²) in [6.07, 6.45) is 0. The molecule has 15 heavy (non-hydrogen) atoms. The lowest BCUT2D eigenvalue weighted by molar-refractivity contribution is 0.411. The minimum atomic E-state index is 0.610. The van der Waals surface area contributed by atoms with Crippen LogP contribution < -0.4 is 4.74 Å². The molecule has 3 heteroatoms. The molecule has 0 saturated heterocycles. The van der Waals surface area contributed by atoms with E-state index in [-0.39, 0.29) is 0 Å². The molecule has 0 N–H and O–H groups in total. The number of aliphatic imine (C=N–C) groups is 1. The molecule has 0 spiro atoms. The van der Waals surface area contributed by atoms with Gasteiger partial charge in [-0.1, -0.05) is 6.58 Å². The monoisotopic (exact) mass is 203 g/mol. The molecule has 0 amide bonds. The second kappa shape index (κ2) is 3.42. The number of nitrogens with zero attached hydrogens (tertiary/aromatic N) is 1. The number of fused-ring (bicyclic) bond motifs is 1. The second-order valence-electron chi connectivity index (χ2n) is 3.50. The van der Waals surface area contributed by atoms with E-state index in [2.05, 4.69) is 11.6 Å². The van der Waals surface area contributed by atoms with E-state index in [1.54, 1.807) is 14.0 Å². The Kier molecular flexibility index (Phi) is 2.23. The van der Waals surface area contributed by atoms with Gasteiger partial charge in [0.2, 0.25) is 0 Å². The third kappa shape index (κ3) is 1.61. The van der Waals surface area contributed by atoms with Crippen molar-refractivity contribution in [1.29, 1.82) is 0 Å². The van der Waals surface area contributed by atoms with Crippen molar-refractivity contribution in [2.24, 2.45) is 4.99 Å². The molecule has 1 aliphatic rings. The van der Waals surface area contributed by atoms with Crippen LogP contribution in [0.1, 0.15) is 18.1 Å².